The number of nitrogens with one attached hydrogen (secondary N) is 1. The van der Waals surface area contributed by atoms with Crippen LogP contribution in [0.4, 0.5) is 5.69 Å². The van der Waals surface area contributed by atoms with Crippen molar-refractivity contribution in [3.8, 4) is 17.2 Å². The highest BCUT2D eigenvalue weighted by atomic mass is 35.5. The van der Waals surface area contributed by atoms with Gasteiger partial charge in [0, 0.05) is 18.2 Å². The Balaban J connectivity index is 2.29. The van der Waals surface area contributed by atoms with E-state index in [1.165, 1.54) is 12.1 Å². The summed E-state index contributed by atoms with van der Waals surface area (Å²) in [7, 11) is 4.66. The summed E-state index contributed by atoms with van der Waals surface area (Å²) >= 11 is 6.12. The van der Waals surface area contributed by atoms with Gasteiger partial charge in [-0.15, -0.1) is 0 Å². The van der Waals surface area contributed by atoms with Gasteiger partial charge < -0.3 is 24.6 Å². The van der Waals surface area contributed by atoms with Crippen LogP contribution in [0.5, 0.6) is 17.2 Å². The van der Waals surface area contributed by atoms with Crippen molar-refractivity contribution in [3.63, 3.8) is 0 Å². The van der Waals surface area contributed by atoms with E-state index in [-0.39, 0.29) is 5.56 Å². The van der Waals surface area contributed by atoms with Gasteiger partial charge in [0.1, 0.15) is 5.75 Å². The molecule has 0 unspecified atom stereocenters. The number of halogens is 1. The Morgan fingerprint density at radius 2 is 1.67 bits per heavy atom. The number of hydrogen-bond donors (Lipinski definition) is 2. The number of methoxy groups -OCH3 is 3. The molecule has 0 aliphatic carbocycles. The van der Waals surface area contributed by atoms with Crippen molar-refractivity contribution in [2.75, 3.05) is 26.6 Å². The molecule has 0 aliphatic heterocycles. The van der Waals surface area contributed by atoms with Gasteiger partial charge in [0.05, 0.1) is 37.6 Å². The normalized spacial score (nSPS) is 10.2. The van der Waals surface area contributed by atoms with Crippen molar-refractivity contribution >= 4 is 23.3 Å². The molecule has 0 atom stereocenters. The molecule has 0 aliphatic rings. The second-order valence-corrected chi connectivity index (χ2v) is 5.28. The fourth-order valence-corrected chi connectivity index (χ4v) is 2.40. The third-order valence-corrected chi connectivity index (χ3v) is 3.80. The number of carboxylic acid groups (broad SMARTS) is 1. The Hall–Kier alpha value is -2.60. The number of anilines is 1. The van der Waals surface area contributed by atoms with E-state index in [1.807, 2.05) is 0 Å². The molecule has 6 nitrogen and oxygen atoms in total. The maximum Gasteiger partial charge on any atom is 0.335 e. The summed E-state index contributed by atoms with van der Waals surface area (Å²) in [5, 5.41) is 12.6. The zero-order chi connectivity index (χ0) is 17.7. The van der Waals surface area contributed by atoms with Gasteiger partial charge in [0.2, 0.25) is 0 Å². The molecule has 0 fully saturated rings. The third kappa shape index (κ3) is 3.83. The summed E-state index contributed by atoms with van der Waals surface area (Å²) in [4.78, 5) is 11.1. The van der Waals surface area contributed by atoms with Crippen LogP contribution in [0, 0.1) is 0 Å². The number of carbonyl (C=O) groups is 1. The molecule has 0 heterocycles. The molecule has 0 amide bonds. The minimum Gasteiger partial charge on any atom is -0.496 e. The molecule has 0 saturated heterocycles. The molecule has 2 aromatic carbocycles. The molecule has 0 aromatic heterocycles. The Bertz CT molecular complexity index is 748. The quantitative estimate of drug-likeness (QED) is 0.792. The zero-order valence-electron chi connectivity index (χ0n) is 13.6. The Morgan fingerprint density at radius 1 is 1.04 bits per heavy atom. The lowest BCUT2D eigenvalue weighted by Crippen LogP contribution is -2.05. The van der Waals surface area contributed by atoms with Gasteiger partial charge in [0.15, 0.2) is 11.5 Å². The van der Waals surface area contributed by atoms with Crippen LogP contribution in [0.25, 0.3) is 0 Å². The Morgan fingerprint density at radius 3 is 2.25 bits per heavy atom. The lowest BCUT2D eigenvalue weighted by molar-refractivity contribution is 0.0697. The van der Waals surface area contributed by atoms with Crippen molar-refractivity contribution in [1.82, 2.24) is 0 Å². The first-order chi connectivity index (χ1) is 11.5. The van der Waals surface area contributed by atoms with Gasteiger partial charge in [0.25, 0.3) is 0 Å². The molecule has 7 heteroatoms. The van der Waals surface area contributed by atoms with E-state index in [9.17, 15) is 4.79 Å². The smallest absolute Gasteiger partial charge is 0.335 e. The van der Waals surface area contributed by atoms with E-state index < -0.39 is 5.97 Å². The molecule has 0 bridgehead atoms. The van der Waals surface area contributed by atoms with E-state index in [1.54, 1.807) is 39.5 Å². The first-order valence-electron chi connectivity index (χ1n) is 7.05. The van der Waals surface area contributed by atoms with Gasteiger partial charge in [-0.3, -0.25) is 0 Å². The van der Waals surface area contributed by atoms with Crippen LogP contribution in [0.3, 0.4) is 0 Å². The molecule has 2 rings (SSSR count). The lowest BCUT2D eigenvalue weighted by atomic mass is 10.1. The summed E-state index contributed by atoms with van der Waals surface area (Å²) in [5.74, 6) is 0.730. The first kappa shape index (κ1) is 17.7. The van der Waals surface area contributed by atoms with E-state index in [2.05, 4.69) is 5.32 Å². The predicted molar refractivity (Wildman–Crippen MR) is 91.8 cm³/mol. The molecule has 0 spiro atoms. The highest BCUT2D eigenvalue weighted by molar-refractivity contribution is 6.33. The van der Waals surface area contributed by atoms with Crippen LogP contribution < -0.4 is 19.5 Å². The average molecular weight is 352 g/mol. The number of hydrogen-bond acceptors (Lipinski definition) is 5. The minimum atomic E-state index is -1.02. The van der Waals surface area contributed by atoms with Crippen molar-refractivity contribution in [2.24, 2.45) is 0 Å². The van der Waals surface area contributed by atoms with Crippen molar-refractivity contribution < 1.29 is 24.1 Å². The topological polar surface area (TPSA) is 77.0 Å². The second kappa shape index (κ2) is 7.79. The summed E-state index contributed by atoms with van der Waals surface area (Å²) < 4.78 is 15.9. The molecule has 0 saturated carbocycles. The number of carboxylic acids is 1. The lowest BCUT2D eigenvalue weighted by Gasteiger charge is -2.15. The number of rotatable bonds is 7. The summed E-state index contributed by atoms with van der Waals surface area (Å²) in [5.41, 5.74) is 1.49. The van der Waals surface area contributed by atoms with Crippen LogP contribution in [0.15, 0.2) is 30.3 Å². The second-order valence-electron chi connectivity index (χ2n) is 4.87. The maximum atomic E-state index is 11.1. The van der Waals surface area contributed by atoms with Gasteiger partial charge in [-0.1, -0.05) is 11.6 Å². The SMILES string of the molecule is COc1cc(OC)c(OC)cc1CNc1cc(C(=O)O)ccc1Cl. The standard InChI is InChI=1S/C17H18ClNO5/c1-22-14-8-16(24-3)15(23-2)7-11(14)9-19-13-6-10(17(20)21)4-5-12(13)18/h4-8,19H,9H2,1-3H3,(H,20,21). The van der Waals surface area contributed by atoms with Gasteiger partial charge in [-0.05, 0) is 24.3 Å². The highest BCUT2D eigenvalue weighted by Gasteiger charge is 2.13. The molecular weight excluding hydrogens is 334 g/mol. The number of benzene rings is 2. The van der Waals surface area contributed by atoms with Gasteiger partial charge in [-0.2, -0.15) is 0 Å². The Kier molecular flexibility index (Phi) is 5.76. The molecule has 0 radical (unpaired) electrons. The van der Waals surface area contributed by atoms with Crippen LogP contribution >= 0.6 is 11.6 Å². The summed E-state index contributed by atoms with van der Waals surface area (Å²) in [6.45, 7) is 0.367. The maximum absolute atomic E-state index is 11.1. The molecule has 2 aromatic rings. The van der Waals surface area contributed by atoms with E-state index in [0.717, 1.165) is 5.56 Å². The average Bonchev–Trinajstić information content (AvgIpc) is 2.59. The molecule has 24 heavy (non-hydrogen) atoms. The van der Waals surface area contributed by atoms with Crippen molar-refractivity contribution in [3.05, 3.63) is 46.5 Å². The van der Waals surface area contributed by atoms with E-state index >= 15 is 0 Å². The number of aromatic carboxylic acids is 1. The monoisotopic (exact) mass is 351 g/mol. The van der Waals surface area contributed by atoms with Crippen LogP contribution in [-0.2, 0) is 6.54 Å². The van der Waals surface area contributed by atoms with Crippen molar-refractivity contribution in [2.45, 2.75) is 6.54 Å². The fraction of sp³-hybridized carbons (Fsp3) is 0.235. The van der Waals surface area contributed by atoms with Crippen LogP contribution in [0.2, 0.25) is 5.02 Å². The predicted octanol–water partition coefficient (Wildman–Crippen LogP) is 3.68. The van der Waals surface area contributed by atoms with E-state index in [4.69, 9.17) is 30.9 Å². The van der Waals surface area contributed by atoms with Crippen LogP contribution in [-0.4, -0.2) is 32.4 Å². The Labute approximate surface area is 144 Å². The number of ether oxygens (including phenoxy) is 3. The molecular formula is C17H18ClNO5. The summed E-state index contributed by atoms with van der Waals surface area (Å²) in [6, 6.07) is 7.99. The van der Waals surface area contributed by atoms with Gasteiger partial charge >= 0.3 is 5.97 Å². The fourth-order valence-electron chi connectivity index (χ4n) is 2.21. The third-order valence-electron chi connectivity index (χ3n) is 3.47. The zero-order valence-corrected chi connectivity index (χ0v) is 14.3. The minimum absolute atomic E-state index is 0.154. The largest absolute Gasteiger partial charge is 0.496 e. The first-order valence-corrected chi connectivity index (χ1v) is 7.43. The van der Waals surface area contributed by atoms with Crippen molar-refractivity contribution in [1.29, 1.82) is 0 Å². The molecule has 2 N–H and O–H groups in total. The highest BCUT2D eigenvalue weighted by Crippen LogP contribution is 2.35. The molecule has 128 valence electrons. The van der Waals surface area contributed by atoms with Gasteiger partial charge in [-0.25, -0.2) is 4.79 Å². The van der Waals surface area contributed by atoms with E-state index in [0.29, 0.717) is 34.5 Å². The van der Waals surface area contributed by atoms with Crippen LogP contribution in [0.1, 0.15) is 15.9 Å². The summed E-state index contributed by atoms with van der Waals surface area (Å²) in [6.07, 6.45) is 0.